The first-order valence-electron chi connectivity index (χ1n) is 23.7. The summed E-state index contributed by atoms with van der Waals surface area (Å²) in [4.78, 5) is 78.7. The highest BCUT2D eigenvalue weighted by molar-refractivity contribution is 5.96. The lowest BCUT2D eigenvalue weighted by molar-refractivity contribution is 0.0908. The monoisotopic (exact) mass is 925 g/mol. The van der Waals surface area contributed by atoms with Crippen LogP contribution >= 0.6 is 0 Å². The second-order valence-electron chi connectivity index (χ2n) is 19.7. The molecule has 0 aliphatic carbocycles. The zero-order chi connectivity index (χ0) is 49.5. The van der Waals surface area contributed by atoms with E-state index in [-0.39, 0.29) is 46.4 Å². The molecule has 4 amide bonds. The maximum absolute atomic E-state index is 14.7. The molecule has 1 aliphatic rings. The molecule has 0 fully saturated rings. The van der Waals surface area contributed by atoms with E-state index < -0.39 is 47.8 Å². The van der Waals surface area contributed by atoms with E-state index in [0.717, 1.165) is 11.1 Å². The number of nitrogens with one attached hydrogen (secondary N) is 4. The van der Waals surface area contributed by atoms with Crippen molar-refractivity contribution in [2.24, 2.45) is 37.8 Å². The van der Waals surface area contributed by atoms with Gasteiger partial charge in [-0.1, -0.05) is 116 Å². The summed E-state index contributed by atoms with van der Waals surface area (Å²) in [7, 11) is 3.68. The van der Waals surface area contributed by atoms with Gasteiger partial charge in [-0.2, -0.15) is 0 Å². The molecular weight excluding hydrogens is 857 g/mol. The average molecular weight is 925 g/mol. The Bertz CT molecular complexity index is 2640. The van der Waals surface area contributed by atoms with Gasteiger partial charge in [-0.05, 0) is 62.5 Å². The third-order valence-corrected chi connectivity index (χ3v) is 13.5. The predicted molar refractivity (Wildman–Crippen MR) is 261 cm³/mol. The number of benzene rings is 2. The fraction of sp³-hybridized carbons (Fsp3) is 0.462. The van der Waals surface area contributed by atoms with Crippen LogP contribution in [0.4, 0.5) is 0 Å². The van der Waals surface area contributed by atoms with E-state index in [1.54, 1.807) is 0 Å². The molecule has 68 heavy (non-hydrogen) atoms. The second-order valence-corrected chi connectivity index (χ2v) is 19.7. The molecule has 0 saturated heterocycles. The molecular formula is C52H68N12O4. The zero-order valence-corrected chi connectivity index (χ0v) is 42.0. The lowest BCUT2D eigenvalue weighted by Crippen LogP contribution is -2.35. The van der Waals surface area contributed by atoms with Gasteiger partial charge in [0.1, 0.15) is 46.1 Å². The van der Waals surface area contributed by atoms with Crippen LogP contribution in [0.3, 0.4) is 0 Å². The van der Waals surface area contributed by atoms with Crippen molar-refractivity contribution in [2.45, 2.75) is 120 Å². The Morgan fingerprint density at radius 1 is 0.412 bits per heavy atom. The molecule has 0 radical (unpaired) electrons. The van der Waals surface area contributed by atoms with Gasteiger partial charge in [0.15, 0.2) is 0 Å². The van der Waals surface area contributed by atoms with Crippen molar-refractivity contribution < 1.29 is 19.2 Å². The SMILES string of the molecule is Cc1c2nc(n1C)[C@H](C(C)C)NC(=O)c1nc(n(Cc3ccccc3)c1C)[C@H](C(C)C)NC(=O)c1nc(n(C)c1C)[C@H](C(C)C)NC(=O)c1nc(n(Cc3ccccc3)c1C)[C@H](C(C)C)NC2=O. The molecule has 4 N–H and O–H groups in total. The highest BCUT2D eigenvalue weighted by Crippen LogP contribution is 2.32. The van der Waals surface area contributed by atoms with E-state index >= 15 is 0 Å². The first kappa shape index (κ1) is 49.1. The van der Waals surface area contributed by atoms with Crippen LogP contribution in [0.25, 0.3) is 0 Å². The Balaban J connectivity index is 1.42. The van der Waals surface area contributed by atoms with Crippen molar-refractivity contribution in [3.8, 4) is 0 Å². The molecule has 4 aromatic heterocycles. The van der Waals surface area contributed by atoms with Gasteiger partial charge in [0, 0.05) is 50.0 Å². The van der Waals surface area contributed by atoms with Crippen molar-refractivity contribution in [1.82, 2.24) is 59.5 Å². The Labute approximate surface area is 399 Å². The molecule has 16 nitrogen and oxygen atoms in total. The van der Waals surface area contributed by atoms with Gasteiger partial charge in [0.25, 0.3) is 23.6 Å². The number of nitrogens with zero attached hydrogens (tertiary/aromatic N) is 8. The second kappa shape index (κ2) is 19.8. The van der Waals surface area contributed by atoms with Gasteiger partial charge in [-0.25, -0.2) is 19.9 Å². The van der Waals surface area contributed by atoms with E-state index in [9.17, 15) is 19.2 Å². The average Bonchev–Trinajstić information content (AvgIpc) is 3.99. The number of fused-ring (bicyclic) bond motifs is 8. The van der Waals surface area contributed by atoms with E-state index in [0.29, 0.717) is 59.2 Å². The normalized spacial score (nSPS) is 18.5. The summed E-state index contributed by atoms with van der Waals surface area (Å²) in [6, 6.07) is 17.3. The van der Waals surface area contributed by atoms with Crippen molar-refractivity contribution >= 4 is 23.6 Å². The van der Waals surface area contributed by atoms with Gasteiger partial charge in [-0.3, -0.25) is 19.2 Å². The lowest BCUT2D eigenvalue weighted by Gasteiger charge is -2.23. The van der Waals surface area contributed by atoms with Gasteiger partial charge >= 0.3 is 0 Å². The number of aromatic nitrogens is 8. The minimum Gasteiger partial charge on any atom is -0.340 e. The number of imidazole rings is 4. The molecule has 7 rings (SSSR count). The summed E-state index contributed by atoms with van der Waals surface area (Å²) in [6.07, 6.45) is 0. The highest BCUT2D eigenvalue weighted by Gasteiger charge is 2.36. The van der Waals surface area contributed by atoms with E-state index in [2.05, 4.69) is 21.3 Å². The molecule has 0 unspecified atom stereocenters. The lowest BCUT2D eigenvalue weighted by atomic mass is 10.0. The van der Waals surface area contributed by atoms with Crippen molar-refractivity contribution in [2.75, 3.05) is 0 Å². The molecule has 0 saturated carbocycles. The van der Waals surface area contributed by atoms with Gasteiger partial charge in [0.05, 0.1) is 24.2 Å². The summed E-state index contributed by atoms with van der Waals surface area (Å²) in [6.45, 7) is 24.2. The summed E-state index contributed by atoms with van der Waals surface area (Å²) in [5.41, 5.74) is 5.32. The van der Waals surface area contributed by atoms with Crippen LogP contribution in [-0.4, -0.2) is 61.8 Å². The third kappa shape index (κ3) is 9.50. The summed E-state index contributed by atoms with van der Waals surface area (Å²) in [5.74, 6) is -0.213. The third-order valence-electron chi connectivity index (χ3n) is 13.5. The molecule has 0 spiro atoms. The van der Waals surface area contributed by atoms with E-state index in [1.165, 1.54) is 0 Å². The van der Waals surface area contributed by atoms with E-state index in [4.69, 9.17) is 19.9 Å². The minimum absolute atomic E-state index is 0.147. The van der Waals surface area contributed by atoms with E-state index in [1.807, 2.05) is 176 Å². The standard InChI is InChI=1S/C52H68N12O4/c1-27(2)37-45-53-41(31(9)61(45)13)49(65)59-40(30(7)8)48-56-44(34(12)64(48)26-36-23-19-16-20-24-36)52(68)58-38(28(3)4)46-54-42(32(10)62(46)14)50(66)60-39(29(5)6)47-55-43(51(67)57-37)33(11)63(47)25-35-21-17-15-18-22-35/h15-24,27-30,37-40H,25-26H2,1-14H3,(H,57,67)(H,58,68)(H,59,65)(H,60,66)/t37-,38-,39-,40-/m0/s1. The van der Waals surface area contributed by atoms with Crippen molar-refractivity contribution in [1.29, 1.82) is 0 Å². The van der Waals surface area contributed by atoms with Crippen LogP contribution in [0.1, 0.15) is 179 Å². The Morgan fingerprint density at radius 3 is 0.941 bits per heavy atom. The molecule has 4 atom stereocenters. The van der Waals surface area contributed by atoms with Crippen LogP contribution in [0, 0.1) is 51.4 Å². The highest BCUT2D eigenvalue weighted by atomic mass is 16.2. The number of carbonyl (C=O) groups is 4. The maximum Gasteiger partial charge on any atom is 0.272 e. The number of hydrogen-bond acceptors (Lipinski definition) is 8. The topological polar surface area (TPSA) is 188 Å². The summed E-state index contributed by atoms with van der Waals surface area (Å²) in [5, 5.41) is 13.0. The van der Waals surface area contributed by atoms with Gasteiger partial charge in [-0.15, -0.1) is 0 Å². The molecule has 16 heteroatoms. The van der Waals surface area contributed by atoms with Crippen LogP contribution in [0.15, 0.2) is 60.7 Å². The molecule has 5 heterocycles. The predicted octanol–water partition coefficient (Wildman–Crippen LogP) is 7.70. The first-order valence-corrected chi connectivity index (χ1v) is 23.7. The zero-order valence-electron chi connectivity index (χ0n) is 42.0. The Morgan fingerprint density at radius 2 is 0.662 bits per heavy atom. The Hall–Kier alpha value is -6.84. The van der Waals surface area contributed by atoms with Crippen LogP contribution < -0.4 is 21.3 Å². The minimum atomic E-state index is -0.639. The first-order chi connectivity index (χ1) is 32.2. The molecule has 6 aromatic rings. The number of carbonyl (C=O) groups excluding carboxylic acids is 4. The van der Waals surface area contributed by atoms with Crippen LogP contribution in [0.5, 0.6) is 0 Å². The number of rotatable bonds is 8. The number of amides is 4. The fourth-order valence-corrected chi connectivity index (χ4v) is 9.09. The van der Waals surface area contributed by atoms with Crippen molar-refractivity contribution in [3.05, 3.63) is 141 Å². The fourth-order valence-electron chi connectivity index (χ4n) is 9.09. The molecule has 8 bridgehead atoms. The quantitative estimate of drug-likeness (QED) is 0.120. The largest absolute Gasteiger partial charge is 0.340 e. The smallest absolute Gasteiger partial charge is 0.272 e. The molecule has 1 aliphatic heterocycles. The summed E-state index contributed by atoms with van der Waals surface area (Å²) >= 11 is 0. The molecule has 360 valence electrons. The van der Waals surface area contributed by atoms with Crippen molar-refractivity contribution in [3.63, 3.8) is 0 Å². The number of hydrogen-bond donors (Lipinski definition) is 4. The summed E-state index contributed by atoms with van der Waals surface area (Å²) < 4.78 is 7.69. The van der Waals surface area contributed by atoms with Crippen LogP contribution in [-0.2, 0) is 27.2 Å². The Kier molecular flexibility index (Phi) is 14.3. The maximum atomic E-state index is 14.7. The van der Waals surface area contributed by atoms with Gasteiger partial charge in [0.2, 0.25) is 0 Å². The van der Waals surface area contributed by atoms with Crippen LogP contribution in [0.2, 0.25) is 0 Å². The molecule has 2 aromatic carbocycles. The van der Waals surface area contributed by atoms with Gasteiger partial charge < -0.3 is 39.5 Å².